The fourth-order valence-electron chi connectivity index (χ4n) is 1.55. The van der Waals surface area contributed by atoms with E-state index in [2.05, 4.69) is 15.3 Å². The summed E-state index contributed by atoms with van der Waals surface area (Å²) in [6.07, 6.45) is 3.37. The molecule has 0 aliphatic rings. The van der Waals surface area contributed by atoms with Gasteiger partial charge in [-0.1, -0.05) is 12.2 Å². The summed E-state index contributed by atoms with van der Waals surface area (Å²) in [5, 5.41) is 3.20. The average Bonchev–Trinajstić information content (AvgIpc) is 2.45. The van der Waals surface area contributed by atoms with Crippen molar-refractivity contribution in [1.82, 2.24) is 9.97 Å². The van der Waals surface area contributed by atoms with Gasteiger partial charge in [-0.15, -0.1) is 0 Å². The molecule has 0 aliphatic carbocycles. The molecule has 98 valence electrons. The third-order valence-corrected chi connectivity index (χ3v) is 2.76. The number of nitrogens with one attached hydrogen (secondary N) is 1. The maximum Gasteiger partial charge on any atom is 0.213 e. The van der Waals surface area contributed by atoms with Crippen molar-refractivity contribution in [2.45, 2.75) is 6.54 Å². The van der Waals surface area contributed by atoms with E-state index >= 15 is 0 Å². The molecule has 0 amide bonds. The van der Waals surface area contributed by atoms with Gasteiger partial charge in [0.05, 0.1) is 7.11 Å². The molecule has 0 radical (unpaired) electrons. The molecule has 0 fully saturated rings. The van der Waals surface area contributed by atoms with Crippen LogP contribution in [-0.2, 0) is 6.54 Å². The first-order valence-corrected chi connectivity index (χ1v) is 6.08. The molecule has 19 heavy (non-hydrogen) atoms. The fraction of sp³-hybridized carbons (Fsp3) is 0.154. The van der Waals surface area contributed by atoms with E-state index in [0.29, 0.717) is 17.4 Å². The van der Waals surface area contributed by atoms with E-state index < -0.39 is 0 Å². The van der Waals surface area contributed by atoms with Gasteiger partial charge in [-0.3, -0.25) is 0 Å². The van der Waals surface area contributed by atoms with E-state index in [-0.39, 0.29) is 0 Å². The molecule has 0 saturated heterocycles. The number of thiocarbonyl (C=S) groups is 1. The Morgan fingerprint density at radius 3 is 2.84 bits per heavy atom. The van der Waals surface area contributed by atoms with Crippen LogP contribution in [0.1, 0.15) is 11.1 Å². The molecule has 5 nitrogen and oxygen atoms in total. The predicted octanol–water partition coefficient (Wildman–Crippen LogP) is 1.73. The van der Waals surface area contributed by atoms with Crippen molar-refractivity contribution in [1.29, 1.82) is 0 Å². The first-order chi connectivity index (χ1) is 9.19. The van der Waals surface area contributed by atoms with Crippen LogP contribution in [0.2, 0.25) is 0 Å². The first kappa shape index (κ1) is 13.2. The number of methoxy groups -OCH3 is 1. The highest BCUT2D eigenvalue weighted by Crippen LogP contribution is 2.12. The number of hydrogen-bond donors (Lipinski definition) is 2. The van der Waals surface area contributed by atoms with E-state index in [1.807, 2.05) is 18.2 Å². The van der Waals surface area contributed by atoms with Crippen molar-refractivity contribution in [3.63, 3.8) is 0 Å². The zero-order valence-corrected chi connectivity index (χ0v) is 11.3. The Hall–Kier alpha value is -2.21. The highest BCUT2D eigenvalue weighted by molar-refractivity contribution is 7.80. The molecule has 0 atom stereocenters. The number of hydrogen-bond acceptors (Lipinski definition) is 5. The van der Waals surface area contributed by atoms with Gasteiger partial charge < -0.3 is 15.8 Å². The van der Waals surface area contributed by atoms with Gasteiger partial charge in [-0.05, 0) is 23.8 Å². The zero-order chi connectivity index (χ0) is 13.7. The summed E-state index contributed by atoms with van der Waals surface area (Å²) < 4.78 is 5.07. The van der Waals surface area contributed by atoms with E-state index in [0.717, 1.165) is 16.9 Å². The molecule has 2 rings (SSSR count). The Morgan fingerprint density at radius 2 is 2.11 bits per heavy atom. The lowest BCUT2D eigenvalue weighted by molar-refractivity contribution is 0.397. The Morgan fingerprint density at radius 1 is 1.32 bits per heavy atom. The van der Waals surface area contributed by atoms with Crippen molar-refractivity contribution in [3.05, 3.63) is 47.8 Å². The van der Waals surface area contributed by atoms with Gasteiger partial charge in [0.15, 0.2) is 0 Å². The molecule has 6 heteroatoms. The molecule has 0 spiro atoms. The van der Waals surface area contributed by atoms with E-state index in [1.54, 1.807) is 25.6 Å². The highest BCUT2D eigenvalue weighted by atomic mass is 32.1. The quantitative estimate of drug-likeness (QED) is 0.809. The van der Waals surface area contributed by atoms with Crippen LogP contribution in [0.5, 0.6) is 5.88 Å². The minimum Gasteiger partial charge on any atom is -0.481 e. The summed E-state index contributed by atoms with van der Waals surface area (Å²) in [5.74, 6) is 1.31. The molecule has 0 saturated carbocycles. The summed E-state index contributed by atoms with van der Waals surface area (Å²) in [6, 6.07) is 7.38. The largest absolute Gasteiger partial charge is 0.481 e. The lowest BCUT2D eigenvalue weighted by Crippen LogP contribution is -2.10. The van der Waals surface area contributed by atoms with Crippen LogP contribution in [0.15, 0.2) is 36.7 Å². The minimum atomic E-state index is 0.357. The van der Waals surface area contributed by atoms with Crippen LogP contribution in [0, 0.1) is 0 Å². The van der Waals surface area contributed by atoms with Crippen LogP contribution in [0.25, 0.3) is 0 Å². The average molecular weight is 274 g/mol. The normalized spacial score (nSPS) is 9.95. The van der Waals surface area contributed by atoms with E-state index in [1.165, 1.54) is 0 Å². The van der Waals surface area contributed by atoms with Gasteiger partial charge in [0.2, 0.25) is 5.88 Å². The van der Waals surface area contributed by atoms with Crippen molar-refractivity contribution in [2.75, 3.05) is 12.4 Å². The number of anilines is 1. The Bertz CT molecular complexity index is 588. The van der Waals surface area contributed by atoms with Gasteiger partial charge in [0, 0.05) is 30.6 Å². The number of nitrogens with two attached hydrogens (primary N) is 1. The molecule has 3 N–H and O–H groups in total. The number of ether oxygens (including phenoxy) is 1. The van der Waals surface area contributed by atoms with Crippen LogP contribution in [0.3, 0.4) is 0 Å². The standard InChI is InChI=1S/C13H14N4OS/c1-18-12-6-9(2-4-16-12)8-17-11-7-10(13(14)19)3-5-15-11/h2-7H,8H2,1H3,(H2,14,19)(H,15,17). The number of nitrogens with zero attached hydrogens (tertiary/aromatic N) is 2. The zero-order valence-electron chi connectivity index (χ0n) is 10.5. The van der Waals surface area contributed by atoms with Gasteiger partial charge in [0.1, 0.15) is 10.8 Å². The lowest BCUT2D eigenvalue weighted by atomic mass is 10.2. The van der Waals surface area contributed by atoms with Crippen molar-refractivity contribution in [2.24, 2.45) is 5.73 Å². The number of rotatable bonds is 5. The lowest BCUT2D eigenvalue weighted by Gasteiger charge is -2.07. The summed E-state index contributed by atoms with van der Waals surface area (Å²) in [6.45, 7) is 0.618. The van der Waals surface area contributed by atoms with Crippen molar-refractivity contribution >= 4 is 23.0 Å². The molecule has 0 bridgehead atoms. The second-order valence-electron chi connectivity index (χ2n) is 3.85. The van der Waals surface area contributed by atoms with Gasteiger partial charge in [-0.2, -0.15) is 0 Å². The van der Waals surface area contributed by atoms with Crippen LogP contribution >= 0.6 is 12.2 Å². The Kier molecular flexibility index (Phi) is 4.25. The highest BCUT2D eigenvalue weighted by Gasteiger charge is 2.01. The monoisotopic (exact) mass is 274 g/mol. The minimum absolute atomic E-state index is 0.357. The van der Waals surface area contributed by atoms with Gasteiger partial charge in [0.25, 0.3) is 0 Å². The van der Waals surface area contributed by atoms with Crippen LogP contribution in [-0.4, -0.2) is 22.1 Å². The van der Waals surface area contributed by atoms with Gasteiger partial charge >= 0.3 is 0 Å². The van der Waals surface area contributed by atoms with Crippen molar-refractivity contribution < 1.29 is 4.74 Å². The third kappa shape index (κ3) is 3.62. The first-order valence-electron chi connectivity index (χ1n) is 5.67. The number of pyridine rings is 2. The molecule has 2 aromatic heterocycles. The Balaban J connectivity index is 2.05. The second-order valence-corrected chi connectivity index (χ2v) is 4.29. The molecule has 0 unspecified atom stereocenters. The summed E-state index contributed by atoms with van der Waals surface area (Å²) >= 11 is 4.93. The molecule has 2 aromatic rings. The predicted molar refractivity (Wildman–Crippen MR) is 78.2 cm³/mol. The molecule has 2 heterocycles. The molecule has 0 aromatic carbocycles. The van der Waals surface area contributed by atoms with E-state index in [9.17, 15) is 0 Å². The topological polar surface area (TPSA) is 73.1 Å². The Labute approximate surface area is 116 Å². The third-order valence-electron chi connectivity index (χ3n) is 2.53. The van der Waals surface area contributed by atoms with Gasteiger partial charge in [-0.25, -0.2) is 9.97 Å². The molecule has 0 aliphatic heterocycles. The fourth-order valence-corrected chi connectivity index (χ4v) is 1.67. The smallest absolute Gasteiger partial charge is 0.213 e. The van der Waals surface area contributed by atoms with Crippen LogP contribution in [0.4, 0.5) is 5.82 Å². The maximum atomic E-state index is 5.58. The maximum absolute atomic E-state index is 5.58. The number of aromatic nitrogens is 2. The summed E-state index contributed by atoms with van der Waals surface area (Å²) in [7, 11) is 1.59. The molecular weight excluding hydrogens is 260 g/mol. The molecular formula is C13H14N4OS. The van der Waals surface area contributed by atoms with E-state index in [4.69, 9.17) is 22.7 Å². The summed E-state index contributed by atoms with van der Waals surface area (Å²) in [4.78, 5) is 8.61. The summed E-state index contributed by atoms with van der Waals surface area (Å²) in [5.41, 5.74) is 7.42. The SMILES string of the molecule is COc1cc(CNc2cc(C(N)=S)ccn2)ccn1. The van der Waals surface area contributed by atoms with Crippen LogP contribution < -0.4 is 15.8 Å². The second kappa shape index (κ2) is 6.10. The van der Waals surface area contributed by atoms with Crippen molar-refractivity contribution in [3.8, 4) is 5.88 Å².